The molecule has 0 fully saturated rings. The minimum atomic E-state index is 0.625. The van der Waals surface area contributed by atoms with Crippen LogP contribution < -0.4 is 5.32 Å². The van der Waals surface area contributed by atoms with Crippen LogP contribution in [0.25, 0.3) is 0 Å². The van der Waals surface area contributed by atoms with E-state index < -0.39 is 0 Å². The van der Waals surface area contributed by atoms with Gasteiger partial charge in [-0.2, -0.15) is 5.10 Å². The molecule has 0 aliphatic heterocycles. The molecule has 5 nitrogen and oxygen atoms in total. The van der Waals surface area contributed by atoms with Gasteiger partial charge in [-0.1, -0.05) is 5.16 Å². The molecule has 6 heteroatoms. The Morgan fingerprint density at radius 2 is 2.47 bits per heavy atom. The summed E-state index contributed by atoms with van der Waals surface area (Å²) in [6.45, 7) is 1.35. The summed E-state index contributed by atoms with van der Waals surface area (Å²) in [6, 6.07) is 1.94. The maximum atomic E-state index is 5.18. The first-order valence-electron chi connectivity index (χ1n) is 4.55. The predicted octanol–water partition coefficient (Wildman–Crippen LogP) is 1.24. The third-order valence-electron chi connectivity index (χ3n) is 1.89. The highest BCUT2D eigenvalue weighted by molar-refractivity contribution is 14.1. The van der Waals surface area contributed by atoms with E-state index in [9.17, 15) is 0 Å². The standard InChI is InChI=1S/C9H11IN4O/c1-11-4-8-2-9(15-13-8)6-14-5-7(10)3-12-14/h2-3,5,11H,4,6H2,1H3. The number of nitrogens with one attached hydrogen (secondary N) is 1. The van der Waals surface area contributed by atoms with Gasteiger partial charge >= 0.3 is 0 Å². The summed E-state index contributed by atoms with van der Waals surface area (Å²) >= 11 is 2.22. The monoisotopic (exact) mass is 318 g/mol. The molecule has 0 bridgehead atoms. The van der Waals surface area contributed by atoms with Crippen LogP contribution in [0.15, 0.2) is 23.0 Å². The van der Waals surface area contributed by atoms with Crippen molar-refractivity contribution in [3.8, 4) is 0 Å². The number of rotatable bonds is 4. The maximum absolute atomic E-state index is 5.18. The quantitative estimate of drug-likeness (QED) is 0.862. The van der Waals surface area contributed by atoms with Gasteiger partial charge < -0.3 is 9.84 Å². The van der Waals surface area contributed by atoms with Crippen molar-refractivity contribution in [3.05, 3.63) is 33.5 Å². The zero-order valence-corrected chi connectivity index (χ0v) is 10.4. The van der Waals surface area contributed by atoms with Gasteiger partial charge in [0.15, 0.2) is 5.76 Å². The second-order valence-electron chi connectivity index (χ2n) is 3.17. The molecule has 0 atom stereocenters. The molecule has 0 unspecified atom stereocenters. The fraction of sp³-hybridized carbons (Fsp3) is 0.333. The summed E-state index contributed by atoms with van der Waals surface area (Å²) in [4.78, 5) is 0. The van der Waals surface area contributed by atoms with Crippen molar-refractivity contribution >= 4 is 22.6 Å². The van der Waals surface area contributed by atoms with Gasteiger partial charge in [0.2, 0.25) is 0 Å². The molecule has 0 radical (unpaired) electrons. The average molecular weight is 318 g/mol. The van der Waals surface area contributed by atoms with E-state index in [2.05, 4.69) is 38.2 Å². The Bertz CT molecular complexity index is 437. The third kappa shape index (κ3) is 2.78. The third-order valence-corrected chi connectivity index (χ3v) is 2.44. The van der Waals surface area contributed by atoms with Crippen molar-refractivity contribution in [1.82, 2.24) is 20.3 Å². The number of aromatic nitrogens is 3. The largest absolute Gasteiger partial charge is 0.359 e. The lowest BCUT2D eigenvalue weighted by atomic mass is 10.3. The molecule has 2 heterocycles. The lowest BCUT2D eigenvalue weighted by Gasteiger charge is -1.94. The van der Waals surface area contributed by atoms with Crippen LogP contribution in [0.2, 0.25) is 0 Å². The van der Waals surface area contributed by atoms with Crippen LogP contribution in [0.4, 0.5) is 0 Å². The van der Waals surface area contributed by atoms with Crippen LogP contribution in [0.3, 0.4) is 0 Å². The van der Waals surface area contributed by atoms with Crippen molar-refractivity contribution in [1.29, 1.82) is 0 Å². The van der Waals surface area contributed by atoms with Gasteiger partial charge in [-0.3, -0.25) is 4.68 Å². The fourth-order valence-corrected chi connectivity index (χ4v) is 1.73. The summed E-state index contributed by atoms with van der Waals surface area (Å²) in [6.07, 6.45) is 3.77. The molecule has 0 saturated heterocycles. The zero-order valence-electron chi connectivity index (χ0n) is 8.27. The number of hydrogen-bond donors (Lipinski definition) is 1. The molecule has 0 aliphatic rings. The zero-order chi connectivity index (χ0) is 10.7. The highest BCUT2D eigenvalue weighted by Crippen LogP contribution is 2.07. The Morgan fingerprint density at radius 1 is 1.60 bits per heavy atom. The number of halogens is 1. The van der Waals surface area contributed by atoms with E-state index in [-0.39, 0.29) is 0 Å². The Labute approximate surface area is 101 Å². The van der Waals surface area contributed by atoms with Crippen LogP contribution in [0, 0.1) is 3.57 Å². The lowest BCUT2D eigenvalue weighted by Crippen LogP contribution is -2.04. The minimum absolute atomic E-state index is 0.625. The van der Waals surface area contributed by atoms with Crippen molar-refractivity contribution in [2.75, 3.05) is 7.05 Å². The van der Waals surface area contributed by atoms with Gasteiger partial charge in [-0.15, -0.1) is 0 Å². The van der Waals surface area contributed by atoms with Crippen molar-refractivity contribution in [2.24, 2.45) is 0 Å². The first kappa shape index (κ1) is 10.6. The minimum Gasteiger partial charge on any atom is -0.359 e. The molecule has 2 rings (SSSR count). The molecule has 2 aromatic heterocycles. The van der Waals surface area contributed by atoms with Gasteiger partial charge in [0.1, 0.15) is 6.54 Å². The first-order chi connectivity index (χ1) is 7.28. The maximum Gasteiger partial charge on any atom is 0.158 e. The van der Waals surface area contributed by atoms with E-state index >= 15 is 0 Å². The lowest BCUT2D eigenvalue weighted by molar-refractivity contribution is 0.365. The molecule has 1 N–H and O–H groups in total. The Balaban J connectivity index is 2.04. The van der Waals surface area contributed by atoms with E-state index in [1.165, 1.54) is 0 Å². The van der Waals surface area contributed by atoms with Gasteiger partial charge in [0, 0.05) is 18.8 Å². The summed E-state index contributed by atoms with van der Waals surface area (Å²) in [5, 5.41) is 11.1. The number of nitrogens with zero attached hydrogens (tertiary/aromatic N) is 3. The van der Waals surface area contributed by atoms with E-state index in [4.69, 9.17) is 4.52 Å². The van der Waals surface area contributed by atoms with Crippen LogP contribution in [-0.4, -0.2) is 22.0 Å². The fourth-order valence-electron chi connectivity index (χ4n) is 1.28. The summed E-state index contributed by atoms with van der Waals surface area (Å²) in [5.74, 6) is 0.819. The van der Waals surface area contributed by atoms with Gasteiger partial charge in [-0.05, 0) is 29.6 Å². The van der Waals surface area contributed by atoms with Crippen LogP contribution in [-0.2, 0) is 13.1 Å². The summed E-state index contributed by atoms with van der Waals surface area (Å²) in [7, 11) is 1.88. The SMILES string of the molecule is CNCc1cc(Cn2cc(I)cn2)on1. The molecule has 2 aromatic rings. The second kappa shape index (κ2) is 4.75. The highest BCUT2D eigenvalue weighted by atomic mass is 127. The Kier molecular flexibility index (Phi) is 3.37. The molecule has 0 aromatic carbocycles. The summed E-state index contributed by atoms with van der Waals surface area (Å²) < 4.78 is 8.12. The average Bonchev–Trinajstić information content (AvgIpc) is 2.78. The molecule has 0 saturated carbocycles. The van der Waals surface area contributed by atoms with Crippen molar-refractivity contribution < 1.29 is 4.52 Å². The van der Waals surface area contributed by atoms with E-state index in [0.717, 1.165) is 21.6 Å². The van der Waals surface area contributed by atoms with Gasteiger partial charge in [0.25, 0.3) is 0 Å². The molecule has 0 aliphatic carbocycles. The topological polar surface area (TPSA) is 55.9 Å². The molecule has 80 valence electrons. The van der Waals surface area contributed by atoms with Gasteiger partial charge in [-0.25, -0.2) is 0 Å². The molecule has 0 spiro atoms. The highest BCUT2D eigenvalue weighted by Gasteiger charge is 2.04. The smallest absolute Gasteiger partial charge is 0.158 e. The number of hydrogen-bond acceptors (Lipinski definition) is 4. The normalized spacial score (nSPS) is 10.8. The van der Waals surface area contributed by atoms with Crippen LogP contribution in [0.1, 0.15) is 11.5 Å². The Morgan fingerprint density at radius 3 is 3.13 bits per heavy atom. The van der Waals surface area contributed by atoms with Crippen molar-refractivity contribution in [3.63, 3.8) is 0 Å². The van der Waals surface area contributed by atoms with E-state index in [1.807, 2.05) is 30.2 Å². The van der Waals surface area contributed by atoms with Gasteiger partial charge in [0.05, 0.1) is 15.5 Å². The molecular formula is C9H11IN4O. The van der Waals surface area contributed by atoms with Crippen LogP contribution in [0.5, 0.6) is 0 Å². The summed E-state index contributed by atoms with van der Waals surface area (Å²) in [5.41, 5.74) is 0.911. The predicted molar refractivity (Wildman–Crippen MR) is 63.3 cm³/mol. The molecular weight excluding hydrogens is 307 g/mol. The second-order valence-corrected chi connectivity index (χ2v) is 4.42. The Hall–Kier alpha value is -0.890. The van der Waals surface area contributed by atoms with E-state index in [1.54, 1.807) is 0 Å². The van der Waals surface area contributed by atoms with E-state index in [0.29, 0.717) is 6.54 Å². The molecule has 15 heavy (non-hydrogen) atoms. The van der Waals surface area contributed by atoms with Crippen LogP contribution >= 0.6 is 22.6 Å². The van der Waals surface area contributed by atoms with Crippen molar-refractivity contribution in [2.45, 2.75) is 13.1 Å². The molecule has 0 amide bonds. The first-order valence-corrected chi connectivity index (χ1v) is 5.63.